The third-order valence-corrected chi connectivity index (χ3v) is 4.92. The van der Waals surface area contributed by atoms with Crippen LogP contribution in [0.1, 0.15) is 12.0 Å². The molecule has 1 saturated heterocycles. The average Bonchev–Trinajstić information content (AvgIpc) is 2.91. The van der Waals surface area contributed by atoms with Gasteiger partial charge in [-0.15, -0.1) is 11.8 Å². The maximum Gasteiger partial charge on any atom is 0.240 e. The molecule has 5 heteroatoms. The molecule has 4 nitrogen and oxygen atoms in total. The number of carbonyl (C=O) groups is 1. The highest BCUT2D eigenvalue weighted by molar-refractivity contribution is 8.00. The number of benzene rings is 2. The van der Waals surface area contributed by atoms with Crippen LogP contribution in [0.3, 0.4) is 0 Å². The van der Waals surface area contributed by atoms with Crippen LogP contribution < -0.4 is 4.90 Å². The predicted octanol–water partition coefficient (Wildman–Crippen LogP) is 3.16. The van der Waals surface area contributed by atoms with Crippen molar-refractivity contribution in [3.05, 3.63) is 54.1 Å². The Hall–Kier alpha value is -2.45. The molecular weight excluding hydrogens is 296 g/mol. The molecular formula is C17H14N2O2S. The minimum Gasteiger partial charge on any atom is -0.507 e. The van der Waals surface area contributed by atoms with Crippen molar-refractivity contribution in [2.75, 3.05) is 11.4 Å². The van der Waals surface area contributed by atoms with Crippen LogP contribution >= 0.6 is 11.8 Å². The molecule has 2 aromatic carbocycles. The molecule has 0 radical (unpaired) electrons. The zero-order chi connectivity index (χ0) is 15.5. The zero-order valence-electron chi connectivity index (χ0n) is 11.8. The molecule has 1 fully saturated rings. The second-order valence-electron chi connectivity index (χ2n) is 5.01. The van der Waals surface area contributed by atoms with Gasteiger partial charge in [0.2, 0.25) is 5.91 Å². The maximum atomic E-state index is 12.5. The Morgan fingerprint density at radius 2 is 1.91 bits per heavy atom. The van der Waals surface area contributed by atoms with Gasteiger partial charge < -0.3 is 10.0 Å². The third kappa shape index (κ3) is 2.78. The number of rotatable bonds is 3. The van der Waals surface area contributed by atoms with Crippen LogP contribution in [0.4, 0.5) is 5.69 Å². The minimum absolute atomic E-state index is 0.0398. The molecule has 0 saturated carbocycles. The van der Waals surface area contributed by atoms with Crippen molar-refractivity contribution in [1.29, 1.82) is 5.26 Å². The van der Waals surface area contributed by atoms with Crippen molar-refractivity contribution in [2.24, 2.45) is 0 Å². The third-order valence-electron chi connectivity index (χ3n) is 3.60. The highest BCUT2D eigenvalue weighted by atomic mass is 32.2. The Morgan fingerprint density at radius 3 is 2.59 bits per heavy atom. The second kappa shape index (κ2) is 6.12. The molecule has 0 aliphatic carbocycles. The monoisotopic (exact) mass is 310 g/mol. The molecule has 0 aromatic heterocycles. The summed E-state index contributed by atoms with van der Waals surface area (Å²) < 4.78 is 0. The Balaban J connectivity index is 1.74. The van der Waals surface area contributed by atoms with Crippen molar-refractivity contribution in [3.8, 4) is 11.8 Å². The largest absolute Gasteiger partial charge is 0.507 e. The number of carbonyl (C=O) groups excluding carboxylic acids is 1. The van der Waals surface area contributed by atoms with Gasteiger partial charge in [-0.05, 0) is 42.8 Å². The number of hydrogen-bond acceptors (Lipinski definition) is 4. The first-order chi connectivity index (χ1) is 10.7. The van der Waals surface area contributed by atoms with Crippen molar-refractivity contribution in [2.45, 2.75) is 16.6 Å². The lowest BCUT2D eigenvalue weighted by atomic mass is 10.2. The molecule has 1 amide bonds. The first-order valence-electron chi connectivity index (χ1n) is 6.95. The van der Waals surface area contributed by atoms with Gasteiger partial charge in [0, 0.05) is 17.1 Å². The standard InChI is InChI=1S/C17H14N2O2S/c18-11-12-5-7-13(8-6-12)19-10-9-16(17(19)21)22-15-4-2-1-3-14(15)20/h1-8,16,20H,9-10H2/t16-/m0/s1. The minimum atomic E-state index is -0.191. The van der Waals surface area contributed by atoms with E-state index in [1.165, 1.54) is 11.8 Å². The highest BCUT2D eigenvalue weighted by Gasteiger charge is 2.33. The van der Waals surface area contributed by atoms with E-state index in [1.54, 1.807) is 41.3 Å². The Bertz CT molecular complexity index is 737. The first-order valence-corrected chi connectivity index (χ1v) is 7.83. The van der Waals surface area contributed by atoms with Crippen LogP contribution in [-0.4, -0.2) is 22.8 Å². The lowest BCUT2D eigenvalue weighted by molar-refractivity contribution is -0.116. The van der Waals surface area contributed by atoms with Gasteiger partial charge >= 0.3 is 0 Å². The van der Waals surface area contributed by atoms with E-state index in [0.29, 0.717) is 12.1 Å². The molecule has 2 aromatic rings. The molecule has 0 bridgehead atoms. The van der Waals surface area contributed by atoms with Crippen LogP contribution in [0.2, 0.25) is 0 Å². The number of phenolic OH excluding ortho intramolecular Hbond substituents is 1. The van der Waals surface area contributed by atoms with Crippen molar-refractivity contribution >= 4 is 23.4 Å². The Labute approximate surface area is 133 Å². The normalized spacial score (nSPS) is 17.5. The van der Waals surface area contributed by atoms with Gasteiger partial charge in [-0.25, -0.2) is 0 Å². The number of thioether (sulfide) groups is 1. The number of phenols is 1. The van der Waals surface area contributed by atoms with Crippen LogP contribution in [0, 0.1) is 11.3 Å². The number of hydrogen-bond donors (Lipinski definition) is 1. The van der Waals surface area contributed by atoms with E-state index in [-0.39, 0.29) is 16.9 Å². The van der Waals surface area contributed by atoms with Gasteiger partial charge in [0.05, 0.1) is 16.9 Å². The van der Waals surface area contributed by atoms with Crippen molar-refractivity contribution < 1.29 is 9.90 Å². The fourth-order valence-electron chi connectivity index (χ4n) is 2.45. The van der Waals surface area contributed by atoms with Gasteiger partial charge in [0.15, 0.2) is 0 Å². The fourth-order valence-corrected chi connectivity index (χ4v) is 3.55. The van der Waals surface area contributed by atoms with Crippen LogP contribution in [-0.2, 0) is 4.79 Å². The van der Waals surface area contributed by atoms with Crippen LogP contribution in [0.25, 0.3) is 0 Å². The Morgan fingerprint density at radius 1 is 1.18 bits per heavy atom. The summed E-state index contributed by atoms with van der Waals surface area (Å²) in [5, 5.41) is 18.5. The summed E-state index contributed by atoms with van der Waals surface area (Å²) in [6.07, 6.45) is 0.734. The lowest BCUT2D eigenvalue weighted by Gasteiger charge is -2.17. The number of anilines is 1. The molecule has 1 aliphatic rings. The van der Waals surface area contributed by atoms with E-state index in [1.807, 2.05) is 12.1 Å². The molecule has 22 heavy (non-hydrogen) atoms. The van der Waals surface area contributed by atoms with E-state index in [4.69, 9.17) is 5.26 Å². The predicted molar refractivity (Wildman–Crippen MR) is 85.9 cm³/mol. The van der Waals surface area contributed by atoms with E-state index >= 15 is 0 Å². The highest BCUT2D eigenvalue weighted by Crippen LogP contribution is 2.36. The maximum absolute atomic E-state index is 12.5. The van der Waals surface area contributed by atoms with E-state index in [2.05, 4.69) is 6.07 Å². The number of para-hydroxylation sites is 1. The lowest BCUT2D eigenvalue weighted by Crippen LogP contribution is -2.27. The molecule has 1 heterocycles. The number of amides is 1. The molecule has 1 aliphatic heterocycles. The van der Waals surface area contributed by atoms with Gasteiger partial charge in [-0.1, -0.05) is 12.1 Å². The molecule has 1 N–H and O–H groups in total. The average molecular weight is 310 g/mol. The second-order valence-corrected chi connectivity index (χ2v) is 6.26. The number of nitriles is 1. The summed E-state index contributed by atoms with van der Waals surface area (Å²) in [6.45, 7) is 0.649. The quantitative estimate of drug-likeness (QED) is 0.946. The summed E-state index contributed by atoms with van der Waals surface area (Å²) in [5.74, 6) is 0.245. The SMILES string of the molecule is N#Cc1ccc(N2CC[C@H](Sc3ccccc3O)C2=O)cc1. The summed E-state index contributed by atoms with van der Waals surface area (Å²) in [6, 6.07) is 16.1. The van der Waals surface area contributed by atoms with E-state index in [9.17, 15) is 9.90 Å². The summed E-state index contributed by atoms with van der Waals surface area (Å²) in [4.78, 5) is 15.0. The van der Waals surface area contributed by atoms with Gasteiger partial charge in [0.25, 0.3) is 0 Å². The van der Waals surface area contributed by atoms with Crippen molar-refractivity contribution in [1.82, 2.24) is 0 Å². The fraction of sp³-hybridized carbons (Fsp3) is 0.176. The molecule has 110 valence electrons. The smallest absolute Gasteiger partial charge is 0.240 e. The molecule has 0 unspecified atom stereocenters. The van der Waals surface area contributed by atoms with Gasteiger partial charge in [0.1, 0.15) is 5.75 Å². The topological polar surface area (TPSA) is 64.3 Å². The zero-order valence-corrected chi connectivity index (χ0v) is 12.6. The van der Waals surface area contributed by atoms with E-state index in [0.717, 1.165) is 17.0 Å². The molecule has 0 spiro atoms. The number of nitrogens with zero attached hydrogens (tertiary/aromatic N) is 2. The van der Waals surface area contributed by atoms with Gasteiger partial charge in [-0.3, -0.25) is 4.79 Å². The van der Waals surface area contributed by atoms with E-state index < -0.39 is 0 Å². The van der Waals surface area contributed by atoms with Gasteiger partial charge in [-0.2, -0.15) is 5.26 Å². The van der Waals surface area contributed by atoms with Crippen molar-refractivity contribution in [3.63, 3.8) is 0 Å². The molecule has 1 atom stereocenters. The number of aromatic hydroxyl groups is 1. The summed E-state index contributed by atoms with van der Waals surface area (Å²) >= 11 is 1.40. The summed E-state index contributed by atoms with van der Waals surface area (Å²) in [5.41, 5.74) is 1.39. The Kier molecular flexibility index (Phi) is 4.03. The van der Waals surface area contributed by atoms with Crippen LogP contribution in [0.5, 0.6) is 5.75 Å². The summed E-state index contributed by atoms with van der Waals surface area (Å²) in [7, 11) is 0. The molecule has 3 rings (SSSR count). The van der Waals surface area contributed by atoms with Crippen LogP contribution in [0.15, 0.2) is 53.4 Å². The first kappa shape index (κ1) is 14.5.